The Hall–Kier alpha value is -2.10. The molecule has 4 heteroatoms. The van der Waals surface area contributed by atoms with Gasteiger partial charge in [-0.3, -0.25) is 4.79 Å². The first-order chi connectivity index (χ1) is 7.16. The molecular weight excluding hydrogens is 194 g/mol. The van der Waals surface area contributed by atoms with Crippen LogP contribution < -0.4 is 4.74 Å². The van der Waals surface area contributed by atoms with Crippen LogP contribution in [0.1, 0.15) is 6.92 Å². The Balaban J connectivity index is 2.30. The molecule has 0 atom stereocenters. The number of hydrogen-bond donors (Lipinski definition) is 1. The van der Waals surface area contributed by atoms with Gasteiger partial charge in [0.25, 0.3) is 0 Å². The summed E-state index contributed by atoms with van der Waals surface area (Å²) < 4.78 is 4.82. The summed E-state index contributed by atoms with van der Waals surface area (Å²) in [6, 6.07) is 9.18. The maximum atomic E-state index is 11.0. The first-order valence-corrected chi connectivity index (χ1v) is 4.47. The van der Waals surface area contributed by atoms with E-state index in [1.807, 2.05) is 24.3 Å². The smallest absolute Gasteiger partial charge is 0.380 e. The van der Waals surface area contributed by atoms with Crippen molar-refractivity contribution in [3.63, 3.8) is 0 Å². The zero-order valence-electron chi connectivity index (χ0n) is 8.11. The maximum absolute atomic E-state index is 11.0. The molecule has 4 nitrogen and oxygen atoms in total. The van der Waals surface area contributed by atoms with Crippen molar-refractivity contribution < 1.29 is 14.3 Å². The molecule has 76 valence electrons. The molecule has 2 rings (SSSR count). The van der Waals surface area contributed by atoms with Gasteiger partial charge in [-0.15, -0.1) is 0 Å². The molecule has 0 radical (unpaired) electrons. The molecule has 1 aromatic carbocycles. The molecule has 0 fully saturated rings. The summed E-state index contributed by atoms with van der Waals surface area (Å²) >= 11 is 0. The van der Waals surface area contributed by atoms with E-state index in [-0.39, 0.29) is 5.88 Å². The lowest BCUT2D eigenvalue weighted by atomic mass is 10.3. The van der Waals surface area contributed by atoms with Gasteiger partial charge in [0.05, 0.1) is 0 Å². The number of rotatable bonds is 2. The van der Waals surface area contributed by atoms with E-state index < -0.39 is 11.8 Å². The molecule has 1 heterocycles. The highest BCUT2D eigenvalue weighted by molar-refractivity contribution is 6.33. The van der Waals surface area contributed by atoms with Gasteiger partial charge in [0, 0.05) is 23.9 Å². The van der Waals surface area contributed by atoms with Crippen LogP contribution in [0.25, 0.3) is 10.9 Å². The highest BCUT2D eigenvalue weighted by Crippen LogP contribution is 2.19. The number of fused-ring (bicyclic) bond motifs is 1. The minimum Gasteiger partial charge on any atom is -0.404 e. The number of benzene rings is 1. The van der Waals surface area contributed by atoms with Crippen molar-refractivity contribution in [2.24, 2.45) is 0 Å². The molecule has 1 N–H and O–H groups in total. The summed E-state index contributed by atoms with van der Waals surface area (Å²) in [6.45, 7) is 1.17. The summed E-state index contributed by atoms with van der Waals surface area (Å²) in [6.07, 6.45) is 0. The molecule has 0 amide bonds. The lowest BCUT2D eigenvalue weighted by molar-refractivity contribution is -0.146. The Bertz CT molecular complexity index is 494. The molecule has 0 saturated carbocycles. The van der Waals surface area contributed by atoms with E-state index in [0.717, 1.165) is 10.9 Å². The number of aromatic amines is 1. The SMILES string of the molecule is CC(=O)C(=O)Oc1cc2ccccc2[nH]1. The zero-order valence-corrected chi connectivity index (χ0v) is 8.11. The molecule has 0 bridgehead atoms. The van der Waals surface area contributed by atoms with Gasteiger partial charge in [-0.1, -0.05) is 18.2 Å². The van der Waals surface area contributed by atoms with Crippen LogP contribution in [0.2, 0.25) is 0 Å². The molecule has 0 aliphatic heterocycles. The number of ketones is 1. The number of nitrogens with one attached hydrogen (secondary N) is 1. The predicted molar refractivity (Wildman–Crippen MR) is 54.6 cm³/mol. The molecule has 0 saturated heterocycles. The Morgan fingerprint density at radius 1 is 1.27 bits per heavy atom. The van der Waals surface area contributed by atoms with Crippen molar-refractivity contribution in [1.29, 1.82) is 0 Å². The number of carbonyl (C=O) groups is 2. The fourth-order valence-electron chi connectivity index (χ4n) is 1.27. The van der Waals surface area contributed by atoms with Crippen molar-refractivity contribution in [3.8, 4) is 5.88 Å². The van der Waals surface area contributed by atoms with Crippen molar-refractivity contribution >= 4 is 22.7 Å². The summed E-state index contributed by atoms with van der Waals surface area (Å²) in [5.41, 5.74) is 0.865. The van der Waals surface area contributed by atoms with Crippen LogP contribution in [0.5, 0.6) is 5.88 Å². The molecule has 0 aliphatic carbocycles. The first kappa shape index (κ1) is 9.45. The monoisotopic (exact) mass is 203 g/mol. The predicted octanol–water partition coefficient (Wildman–Crippen LogP) is 1.66. The average molecular weight is 203 g/mol. The van der Waals surface area contributed by atoms with Crippen LogP contribution in [0.4, 0.5) is 0 Å². The van der Waals surface area contributed by atoms with Gasteiger partial charge in [0.2, 0.25) is 11.7 Å². The molecule has 1 aromatic heterocycles. The minimum atomic E-state index is -0.860. The lowest BCUT2D eigenvalue weighted by Crippen LogP contribution is -2.16. The third-order valence-electron chi connectivity index (χ3n) is 2.00. The fraction of sp³-hybridized carbons (Fsp3) is 0.0909. The summed E-state index contributed by atoms with van der Waals surface area (Å²) in [4.78, 5) is 24.6. The Morgan fingerprint density at radius 3 is 2.67 bits per heavy atom. The second-order valence-electron chi connectivity index (χ2n) is 3.17. The van der Waals surface area contributed by atoms with Gasteiger partial charge in [-0.05, 0) is 6.07 Å². The molecule has 15 heavy (non-hydrogen) atoms. The molecule has 0 spiro atoms. The number of aromatic nitrogens is 1. The Kier molecular flexibility index (Phi) is 2.25. The van der Waals surface area contributed by atoms with E-state index in [2.05, 4.69) is 4.98 Å². The van der Waals surface area contributed by atoms with E-state index in [1.165, 1.54) is 6.92 Å². The van der Waals surface area contributed by atoms with Crippen LogP contribution in [-0.2, 0) is 9.59 Å². The highest BCUT2D eigenvalue weighted by Gasteiger charge is 2.11. The van der Waals surface area contributed by atoms with Crippen LogP contribution in [-0.4, -0.2) is 16.7 Å². The van der Waals surface area contributed by atoms with E-state index in [9.17, 15) is 9.59 Å². The van der Waals surface area contributed by atoms with Crippen LogP contribution in [0.3, 0.4) is 0 Å². The van der Waals surface area contributed by atoms with Gasteiger partial charge in [-0.25, -0.2) is 4.79 Å². The van der Waals surface area contributed by atoms with Crippen LogP contribution in [0, 0.1) is 0 Å². The van der Waals surface area contributed by atoms with Gasteiger partial charge >= 0.3 is 5.97 Å². The topological polar surface area (TPSA) is 59.2 Å². The Labute approximate surface area is 85.9 Å². The second kappa shape index (κ2) is 3.57. The number of Topliss-reactive ketones (excluding diaryl/α,β-unsaturated/α-hetero) is 1. The quantitative estimate of drug-likeness (QED) is 0.596. The molecule has 0 aliphatic rings. The highest BCUT2D eigenvalue weighted by atomic mass is 16.5. The average Bonchev–Trinajstić information content (AvgIpc) is 2.59. The van der Waals surface area contributed by atoms with Gasteiger partial charge in [0.1, 0.15) is 0 Å². The van der Waals surface area contributed by atoms with E-state index >= 15 is 0 Å². The third kappa shape index (κ3) is 1.88. The summed E-state index contributed by atoms with van der Waals surface area (Å²) in [5, 5.41) is 0.934. The standard InChI is InChI=1S/C11H9NO3/c1-7(13)11(14)15-10-6-8-4-2-3-5-9(8)12-10/h2-6,12H,1H3. The lowest BCUT2D eigenvalue weighted by Gasteiger charge is -1.95. The third-order valence-corrected chi connectivity index (χ3v) is 2.00. The maximum Gasteiger partial charge on any atom is 0.380 e. The van der Waals surface area contributed by atoms with Crippen molar-refractivity contribution in [2.45, 2.75) is 6.92 Å². The normalized spacial score (nSPS) is 10.2. The largest absolute Gasteiger partial charge is 0.404 e. The number of para-hydroxylation sites is 1. The van der Waals surface area contributed by atoms with Crippen molar-refractivity contribution in [1.82, 2.24) is 4.98 Å². The number of esters is 1. The molecular formula is C11H9NO3. The van der Waals surface area contributed by atoms with E-state index in [1.54, 1.807) is 6.07 Å². The fourth-order valence-corrected chi connectivity index (χ4v) is 1.27. The van der Waals surface area contributed by atoms with Gasteiger partial charge < -0.3 is 9.72 Å². The number of ether oxygens (including phenoxy) is 1. The van der Waals surface area contributed by atoms with E-state index in [0.29, 0.717) is 0 Å². The first-order valence-electron chi connectivity index (χ1n) is 4.47. The van der Waals surface area contributed by atoms with Crippen LogP contribution in [0.15, 0.2) is 30.3 Å². The number of hydrogen-bond acceptors (Lipinski definition) is 3. The number of H-pyrrole nitrogens is 1. The summed E-state index contributed by atoms with van der Waals surface area (Å²) in [5.74, 6) is -1.19. The molecule has 2 aromatic rings. The van der Waals surface area contributed by atoms with Crippen molar-refractivity contribution in [3.05, 3.63) is 30.3 Å². The van der Waals surface area contributed by atoms with Crippen LogP contribution >= 0.6 is 0 Å². The van der Waals surface area contributed by atoms with Gasteiger partial charge in [0.15, 0.2) is 0 Å². The van der Waals surface area contributed by atoms with E-state index in [4.69, 9.17) is 4.74 Å². The Morgan fingerprint density at radius 2 is 2.00 bits per heavy atom. The second-order valence-corrected chi connectivity index (χ2v) is 3.17. The van der Waals surface area contributed by atoms with Crippen molar-refractivity contribution in [2.75, 3.05) is 0 Å². The zero-order chi connectivity index (χ0) is 10.8. The number of carbonyl (C=O) groups excluding carboxylic acids is 2. The van der Waals surface area contributed by atoms with Gasteiger partial charge in [-0.2, -0.15) is 0 Å². The molecule has 0 unspecified atom stereocenters. The summed E-state index contributed by atoms with van der Waals surface area (Å²) in [7, 11) is 0. The minimum absolute atomic E-state index is 0.288.